The molecular weight excluding hydrogens is 470 g/mol. The molecular formula is C25H23N3O6S. The largest absolute Gasteiger partial charge is 0.462 e. The Kier molecular flexibility index (Phi) is 6.31. The maximum Gasteiger partial charge on any atom is 0.340 e. The monoisotopic (exact) mass is 493 g/mol. The summed E-state index contributed by atoms with van der Waals surface area (Å²) >= 11 is 0. The van der Waals surface area contributed by atoms with Gasteiger partial charge in [0.1, 0.15) is 0 Å². The number of esters is 1. The molecule has 0 bridgehead atoms. The molecule has 1 aromatic heterocycles. The highest BCUT2D eigenvalue weighted by Gasteiger charge is 2.24. The summed E-state index contributed by atoms with van der Waals surface area (Å²) in [4.78, 5) is 23.0. The van der Waals surface area contributed by atoms with Crippen molar-refractivity contribution in [2.45, 2.75) is 25.7 Å². The zero-order valence-electron chi connectivity index (χ0n) is 19.3. The maximum atomic E-state index is 12.9. The van der Waals surface area contributed by atoms with E-state index in [0.29, 0.717) is 22.2 Å². The Morgan fingerprint density at radius 1 is 1.06 bits per heavy atom. The number of sulfonamides is 1. The number of non-ortho nitro benzene ring substituents is 1. The lowest BCUT2D eigenvalue weighted by molar-refractivity contribution is -0.385. The van der Waals surface area contributed by atoms with Gasteiger partial charge in [-0.25, -0.2) is 13.2 Å². The Morgan fingerprint density at radius 3 is 2.43 bits per heavy atom. The van der Waals surface area contributed by atoms with Crippen molar-refractivity contribution in [3.8, 4) is 5.69 Å². The number of hydrogen-bond acceptors (Lipinski definition) is 6. The fourth-order valence-electron chi connectivity index (χ4n) is 3.95. The summed E-state index contributed by atoms with van der Waals surface area (Å²) in [5.41, 5.74) is 3.49. The molecule has 10 heteroatoms. The summed E-state index contributed by atoms with van der Waals surface area (Å²) in [5, 5.41) is 11.6. The molecule has 180 valence electrons. The number of rotatable bonds is 7. The van der Waals surface area contributed by atoms with Gasteiger partial charge in [0.2, 0.25) is 0 Å². The van der Waals surface area contributed by atoms with E-state index in [1.54, 1.807) is 32.0 Å². The lowest BCUT2D eigenvalue weighted by Gasteiger charge is -2.10. The number of ether oxygens (including phenoxy) is 1. The molecule has 4 rings (SSSR count). The number of carbonyl (C=O) groups excluding carboxylic acids is 1. The highest BCUT2D eigenvalue weighted by molar-refractivity contribution is 7.92. The molecule has 0 atom stereocenters. The molecule has 1 heterocycles. The second kappa shape index (κ2) is 9.22. The first kappa shape index (κ1) is 24.0. The predicted molar refractivity (Wildman–Crippen MR) is 133 cm³/mol. The van der Waals surface area contributed by atoms with Crippen LogP contribution in [0, 0.1) is 24.0 Å². The Balaban J connectivity index is 1.84. The van der Waals surface area contributed by atoms with Crippen LogP contribution in [0.4, 0.5) is 11.4 Å². The van der Waals surface area contributed by atoms with Crippen LogP contribution in [0.25, 0.3) is 16.6 Å². The number of nitro groups is 1. The van der Waals surface area contributed by atoms with Crippen LogP contribution in [-0.4, -0.2) is 30.5 Å². The average molecular weight is 494 g/mol. The van der Waals surface area contributed by atoms with E-state index in [1.807, 2.05) is 35.8 Å². The number of nitro benzene ring substituents is 1. The molecule has 3 aromatic carbocycles. The van der Waals surface area contributed by atoms with E-state index in [0.717, 1.165) is 17.3 Å². The Hall–Kier alpha value is -4.18. The van der Waals surface area contributed by atoms with Crippen LogP contribution in [0.3, 0.4) is 0 Å². The first-order valence-electron chi connectivity index (χ1n) is 10.8. The van der Waals surface area contributed by atoms with Gasteiger partial charge in [0.15, 0.2) is 0 Å². The van der Waals surface area contributed by atoms with E-state index in [2.05, 4.69) is 4.72 Å². The van der Waals surface area contributed by atoms with Gasteiger partial charge in [0.25, 0.3) is 15.7 Å². The molecule has 1 N–H and O–H groups in total. The van der Waals surface area contributed by atoms with Crippen LogP contribution in [0.2, 0.25) is 0 Å². The van der Waals surface area contributed by atoms with E-state index >= 15 is 0 Å². The minimum absolute atomic E-state index is 0.189. The number of carbonyl (C=O) groups is 1. The minimum atomic E-state index is -4.12. The molecule has 0 aliphatic heterocycles. The number of aryl methyl sites for hydroxylation is 1. The van der Waals surface area contributed by atoms with Crippen molar-refractivity contribution in [3.63, 3.8) is 0 Å². The average Bonchev–Trinajstić information content (AvgIpc) is 3.10. The molecule has 0 fully saturated rings. The van der Waals surface area contributed by atoms with Gasteiger partial charge in [-0.05, 0) is 57.2 Å². The van der Waals surface area contributed by atoms with Gasteiger partial charge in [0, 0.05) is 34.6 Å². The van der Waals surface area contributed by atoms with Crippen molar-refractivity contribution in [3.05, 3.63) is 93.7 Å². The van der Waals surface area contributed by atoms with Crippen molar-refractivity contribution in [2.75, 3.05) is 11.3 Å². The van der Waals surface area contributed by atoms with Gasteiger partial charge in [0.05, 0.1) is 27.5 Å². The zero-order valence-corrected chi connectivity index (χ0v) is 20.1. The summed E-state index contributed by atoms with van der Waals surface area (Å²) in [6, 6.07) is 17.5. The number of nitrogens with one attached hydrogen (secondary N) is 1. The molecule has 9 nitrogen and oxygen atoms in total. The summed E-state index contributed by atoms with van der Waals surface area (Å²) in [6.07, 6.45) is 0. The number of fused-ring (bicyclic) bond motifs is 1. The third-order valence-electron chi connectivity index (χ3n) is 5.57. The van der Waals surface area contributed by atoms with Crippen LogP contribution in [0.1, 0.15) is 28.5 Å². The molecule has 0 radical (unpaired) electrons. The SMILES string of the molecule is CCOC(=O)c1c(C)n(-c2ccc(C)cc2)c2ccc(NS(=O)(=O)c3cccc([N+](=O)[O-])c3)cc12. The van der Waals surface area contributed by atoms with Crippen molar-refractivity contribution in [1.29, 1.82) is 0 Å². The second-order valence-electron chi connectivity index (χ2n) is 7.94. The lowest BCUT2D eigenvalue weighted by Crippen LogP contribution is -2.13. The Bertz CT molecular complexity index is 1560. The number of benzene rings is 3. The quantitative estimate of drug-likeness (QED) is 0.216. The fraction of sp³-hybridized carbons (Fsp3) is 0.160. The van der Waals surface area contributed by atoms with E-state index in [9.17, 15) is 23.3 Å². The first-order chi connectivity index (χ1) is 16.6. The highest BCUT2D eigenvalue weighted by Crippen LogP contribution is 2.33. The van der Waals surface area contributed by atoms with Crippen LogP contribution in [0.5, 0.6) is 0 Å². The van der Waals surface area contributed by atoms with Crippen LogP contribution in [-0.2, 0) is 14.8 Å². The van der Waals surface area contributed by atoms with Crippen LogP contribution < -0.4 is 4.72 Å². The maximum absolute atomic E-state index is 12.9. The standard InChI is InChI=1S/C25H23N3O6S/c1-4-34-25(29)24-17(3)27(19-11-8-16(2)9-12-19)23-13-10-18(14-22(23)24)26-35(32,33)21-7-5-6-20(15-21)28(30)31/h5-15,26H,4H2,1-3H3. The molecule has 4 aromatic rings. The summed E-state index contributed by atoms with van der Waals surface area (Å²) in [7, 11) is -4.12. The summed E-state index contributed by atoms with van der Waals surface area (Å²) in [5.74, 6) is -0.514. The van der Waals surface area contributed by atoms with Gasteiger partial charge >= 0.3 is 5.97 Å². The molecule has 0 saturated heterocycles. The molecule has 0 amide bonds. The van der Waals surface area contributed by atoms with E-state index in [-0.39, 0.29) is 22.9 Å². The van der Waals surface area contributed by atoms with E-state index in [4.69, 9.17) is 4.74 Å². The van der Waals surface area contributed by atoms with Gasteiger partial charge in [-0.1, -0.05) is 23.8 Å². The predicted octanol–water partition coefficient (Wildman–Crippen LogP) is 5.13. The van der Waals surface area contributed by atoms with Gasteiger partial charge < -0.3 is 9.30 Å². The minimum Gasteiger partial charge on any atom is -0.462 e. The number of anilines is 1. The van der Waals surface area contributed by atoms with Crippen molar-refractivity contribution in [2.24, 2.45) is 0 Å². The number of nitrogens with zero attached hydrogens (tertiary/aromatic N) is 2. The van der Waals surface area contributed by atoms with E-state index < -0.39 is 20.9 Å². The van der Waals surface area contributed by atoms with Crippen LogP contribution >= 0.6 is 0 Å². The molecule has 0 aliphatic carbocycles. The normalized spacial score (nSPS) is 11.4. The molecule has 0 aliphatic rings. The molecule has 0 saturated carbocycles. The zero-order chi connectivity index (χ0) is 25.3. The topological polar surface area (TPSA) is 121 Å². The fourth-order valence-corrected chi connectivity index (χ4v) is 5.04. The molecule has 0 spiro atoms. The molecule has 0 unspecified atom stereocenters. The number of aromatic nitrogens is 1. The summed E-state index contributed by atoms with van der Waals surface area (Å²) < 4.78 is 35.5. The van der Waals surface area contributed by atoms with Crippen LogP contribution in [0.15, 0.2) is 71.6 Å². The lowest BCUT2D eigenvalue weighted by atomic mass is 10.1. The number of hydrogen-bond donors (Lipinski definition) is 1. The third-order valence-corrected chi connectivity index (χ3v) is 6.95. The first-order valence-corrected chi connectivity index (χ1v) is 12.3. The Morgan fingerprint density at radius 2 is 1.77 bits per heavy atom. The van der Waals surface area contributed by atoms with Crippen molar-refractivity contribution in [1.82, 2.24) is 4.57 Å². The van der Waals surface area contributed by atoms with Crippen molar-refractivity contribution < 1.29 is 22.9 Å². The van der Waals surface area contributed by atoms with Gasteiger partial charge in [-0.2, -0.15) is 0 Å². The van der Waals surface area contributed by atoms with Crippen molar-refractivity contribution >= 4 is 38.3 Å². The van der Waals surface area contributed by atoms with Gasteiger partial charge in [-0.15, -0.1) is 0 Å². The smallest absolute Gasteiger partial charge is 0.340 e. The Labute approximate surface area is 202 Å². The molecule has 35 heavy (non-hydrogen) atoms. The second-order valence-corrected chi connectivity index (χ2v) is 9.63. The third kappa shape index (κ3) is 4.60. The van der Waals surface area contributed by atoms with E-state index in [1.165, 1.54) is 18.2 Å². The summed E-state index contributed by atoms with van der Waals surface area (Å²) in [6.45, 7) is 5.69. The van der Waals surface area contributed by atoms with Gasteiger partial charge in [-0.3, -0.25) is 14.8 Å². The highest BCUT2D eigenvalue weighted by atomic mass is 32.2.